The van der Waals surface area contributed by atoms with Crippen LogP contribution in [0.1, 0.15) is 35.2 Å². The lowest BCUT2D eigenvalue weighted by Gasteiger charge is -2.27. The predicted molar refractivity (Wildman–Crippen MR) is 113 cm³/mol. The van der Waals surface area contributed by atoms with Gasteiger partial charge in [0.25, 0.3) is 5.91 Å². The van der Waals surface area contributed by atoms with Crippen molar-refractivity contribution in [3.8, 4) is 11.3 Å². The van der Waals surface area contributed by atoms with Crippen LogP contribution in [0.2, 0.25) is 0 Å². The van der Waals surface area contributed by atoms with E-state index < -0.39 is 0 Å². The van der Waals surface area contributed by atoms with E-state index in [1.807, 2.05) is 67.6 Å². The first kappa shape index (κ1) is 18.2. The van der Waals surface area contributed by atoms with E-state index in [9.17, 15) is 4.79 Å². The van der Waals surface area contributed by atoms with E-state index in [1.54, 1.807) is 0 Å². The molecule has 0 unspecified atom stereocenters. The van der Waals surface area contributed by atoms with Gasteiger partial charge >= 0.3 is 0 Å². The van der Waals surface area contributed by atoms with Crippen LogP contribution in [0, 0.1) is 6.92 Å². The van der Waals surface area contributed by atoms with Crippen LogP contribution in [0.3, 0.4) is 0 Å². The van der Waals surface area contributed by atoms with Crippen molar-refractivity contribution < 1.29 is 4.79 Å². The number of amides is 1. The van der Waals surface area contributed by atoms with Gasteiger partial charge in [0.05, 0.1) is 5.69 Å². The van der Waals surface area contributed by atoms with Gasteiger partial charge in [-0.3, -0.25) is 4.79 Å². The molecule has 28 heavy (non-hydrogen) atoms. The van der Waals surface area contributed by atoms with E-state index in [2.05, 4.69) is 20.4 Å². The quantitative estimate of drug-likeness (QED) is 0.721. The number of hydrogen-bond acceptors (Lipinski definition) is 4. The lowest BCUT2D eigenvalue weighted by Crippen LogP contribution is -2.30. The van der Waals surface area contributed by atoms with Gasteiger partial charge in [0, 0.05) is 29.9 Å². The summed E-state index contributed by atoms with van der Waals surface area (Å²) in [5, 5.41) is 11.7. The summed E-state index contributed by atoms with van der Waals surface area (Å²) in [5.41, 5.74) is 4.21. The molecular formula is C23H24N4O. The summed E-state index contributed by atoms with van der Waals surface area (Å²) in [7, 11) is 0. The van der Waals surface area contributed by atoms with Crippen LogP contribution in [0.15, 0.2) is 60.7 Å². The number of carbonyl (C=O) groups is 1. The number of carbonyl (C=O) groups excluding carboxylic acids is 1. The summed E-state index contributed by atoms with van der Waals surface area (Å²) in [5.74, 6) is 0.849. The maximum Gasteiger partial charge on any atom is 0.255 e. The number of nitrogens with zero attached hydrogens (tertiary/aromatic N) is 3. The van der Waals surface area contributed by atoms with Crippen LogP contribution in [0.4, 0.5) is 11.5 Å². The SMILES string of the molecule is Cc1ccccc1C(=O)Nc1ccc(-c2ccc(N3CCCCC3)nn2)cc1. The molecule has 3 aromatic rings. The Balaban J connectivity index is 1.44. The van der Waals surface area contributed by atoms with Gasteiger partial charge in [-0.25, -0.2) is 0 Å². The fourth-order valence-electron chi connectivity index (χ4n) is 3.52. The molecule has 1 fully saturated rings. The molecule has 4 rings (SSSR count). The van der Waals surface area contributed by atoms with Gasteiger partial charge < -0.3 is 10.2 Å². The zero-order valence-electron chi connectivity index (χ0n) is 16.1. The minimum atomic E-state index is -0.100. The van der Waals surface area contributed by atoms with Gasteiger partial charge in [-0.1, -0.05) is 30.3 Å². The Kier molecular flexibility index (Phi) is 5.33. The number of aryl methyl sites for hydroxylation is 1. The highest BCUT2D eigenvalue weighted by Crippen LogP contribution is 2.22. The number of anilines is 2. The van der Waals surface area contributed by atoms with Gasteiger partial charge in [0.2, 0.25) is 0 Å². The van der Waals surface area contributed by atoms with Crippen LogP contribution < -0.4 is 10.2 Å². The highest BCUT2D eigenvalue weighted by atomic mass is 16.1. The van der Waals surface area contributed by atoms with Gasteiger partial charge in [0.15, 0.2) is 5.82 Å². The molecule has 142 valence electrons. The van der Waals surface area contributed by atoms with Crippen molar-refractivity contribution in [3.63, 3.8) is 0 Å². The normalized spacial score (nSPS) is 14.0. The molecule has 1 aliphatic heterocycles. The molecule has 1 aliphatic rings. The molecule has 2 aromatic carbocycles. The molecule has 0 spiro atoms. The van der Waals surface area contributed by atoms with E-state index in [0.717, 1.165) is 41.4 Å². The third-order valence-corrected chi connectivity index (χ3v) is 5.16. The van der Waals surface area contributed by atoms with E-state index in [1.165, 1.54) is 19.3 Å². The van der Waals surface area contributed by atoms with Gasteiger partial charge in [-0.2, -0.15) is 0 Å². The average Bonchev–Trinajstić information content (AvgIpc) is 2.75. The standard InChI is InChI=1S/C23H24N4O/c1-17-7-3-4-8-20(17)23(28)24-19-11-9-18(10-12-19)21-13-14-22(26-25-21)27-15-5-2-6-16-27/h3-4,7-14H,2,5-6,15-16H2,1H3,(H,24,28). The lowest BCUT2D eigenvalue weighted by atomic mass is 10.1. The van der Waals surface area contributed by atoms with Crippen molar-refractivity contribution in [1.82, 2.24) is 10.2 Å². The van der Waals surface area contributed by atoms with Crippen LogP contribution >= 0.6 is 0 Å². The first-order valence-electron chi connectivity index (χ1n) is 9.77. The lowest BCUT2D eigenvalue weighted by molar-refractivity contribution is 0.102. The second-order valence-corrected chi connectivity index (χ2v) is 7.17. The third kappa shape index (κ3) is 4.03. The predicted octanol–water partition coefficient (Wildman–Crippen LogP) is 4.69. The second kappa shape index (κ2) is 8.21. The topological polar surface area (TPSA) is 58.1 Å². The smallest absolute Gasteiger partial charge is 0.255 e. The third-order valence-electron chi connectivity index (χ3n) is 5.16. The van der Waals surface area contributed by atoms with Crippen molar-refractivity contribution >= 4 is 17.4 Å². The summed E-state index contributed by atoms with van der Waals surface area (Å²) >= 11 is 0. The first-order valence-corrected chi connectivity index (χ1v) is 9.77. The summed E-state index contributed by atoms with van der Waals surface area (Å²) in [6, 6.07) is 19.3. The molecule has 0 aliphatic carbocycles. The van der Waals surface area contributed by atoms with Crippen LogP contribution in [0.25, 0.3) is 11.3 Å². The monoisotopic (exact) mass is 372 g/mol. The molecule has 5 nitrogen and oxygen atoms in total. The Labute approximate surface area is 165 Å². The van der Waals surface area contributed by atoms with Crippen molar-refractivity contribution in [2.75, 3.05) is 23.3 Å². The van der Waals surface area contributed by atoms with Gasteiger partial charge in [0.1, 0.15) is 0 Å². The minimum absolute atomic E-state index is 0.100. The average molecular weight is 372 g/mol. The zero-order chi connectivity index (χ0) is 19.3. The molecular weight excluding hydrogens is 348 g/mol. The maximum absolute atomic E-state index is 12.4. The van der Waals surface area contributed by atoms with Crippen LogP contribution in [0.5, 0.6) is 0 Å². The minimum Gasteiger partial charge on any atom is -0.355 e. The molecule has 0 saturated carbocycles. The molecule has 2 heterocycles. The van der Waals surface area contributed by atoms with Crippen molar-refractivity contribution in [3.05, 3.63) is 71.8 Å². The van der Waals surface area contributed by atoms with Gasteiger partial charge in [-0.15, -0.1) is 10.2 Å². The number of rotatable bonds is 4. The molecule has 1 aromatic heterocycles. The summed E-state index contributed by atoms with van der Waals surface area (Å²) in [6.07, 6.45) is 3.74. The Bertz CT molecular complexity index is 945. The summed E-state index contributed by atoms with van der Waals surface area (Å²) < 4.78 is 0. The maximum atomic E-state index is 12.4. The number of piperidine rings is 1. The first-order chi connectivity index (χ1) is 13.7. The van der Waals surface area contributed by atoms with E-state index in [0.29, 0.717) is 5.56 Å². The van der Waals surface area contributed by atoms with Crippen molar-refractivity contribution in [1.29, 1.82) is 0 Å². The van der Waals surface area contributed by atoms with Crippen LogP contribution in [-0.2, 0) is 0 Å². The van der Waals surface area contributed by atoms with Crippen molar-refractivity contribution in [2.45, 2.75) is 26.2 Å². The Hall–Kier alpha value is -3.21. The fourth-order valence-corrected chi connectivity index (χ4v) is 3.52. The number of benzene rings is 2. The Morgan fingerprint density at radius 2 is 1.64 bits per heavy atom. The Morgan fingerprint density at radius 3 is 2.32 bits per heavy atom. The highest BCUT2D eigenvalue weighted by Gasteiger charge is 2.13. The van der Waals surface area contributed by atoms with E-state index in [4.69, 9.17) is 0 Å². The van der Waals surface area contributed by atoms with Crippen molar-refractivity contribution in [2.24, 2.45) is 0 Å². The number of nitrogens with one attached hydrogen (secondary N) is 1. The largest absolute Gasteiger partial charge is 0.355 e. The fraction of sp³-hybridized carbons (Fsp3) is 0.261. The molecule has 0 atom stereocenters. The van der Waals surface area contributed by atoms with E-state index >= 15 is 0 Å². The zero-order valence-corrected chi connectivity index (χ0v) is 16.1. The molecule has 5 heteroatoms. The second-order valence-electron chi connectivity index (χ2n) is 7.17. The van der Waals surface area contributed by atoms with Crippen LogP contribution in [-0.4, -0.2) is 29.2 Å². The molecule has 0 bridgehead atoms. The molecule has 1 saturated heterocycles. The highest BCUT2D eigenvalue weighted by molar-refractivity contribution is 6.05. The molecule has 0 radical (unpaired) electrons. The Morgan fingerprint density at radius 1 is 0.893 bits per heavy atom. The van der Waals surface area contributed by atoms with Gasteiger partial charge in [-0.05, 0) is 62.1 Å². The van der Waals surface area contributed by atoms with E-state index in [-0.39, 0.29) is 5.91 Å². The molecule has 1 amide bonds. The summed E-state index contributed by atoms with van der Waals surface area (Å²) in [4.78, 5) is 14.7. The number of aromatic nitrogens is 2. The summed E-state index contributed by atoms with van der Waals surface area (Å²) in [6.45, 7) is 4.05. The number of hydrogen-bond donors (Lipinski definition) is 1. The molecule has 1 N–H and O–H groups in total.